The first-order valence-electron chi connectivity index (χ1n) is 11.6. The monoisotopic (exact) mass is 426 g/mol. The molecule has 4 amide bonds. The number of hydrogen-bond donors (Lipinski definition) is 1. The molecule has 3 saturated heterocycles. The zero-order valence-electron chi connectivity index (χ0n) is 18.7. The number of carbonyl (C=O) groups excluding carboxylic acids is 3. The summed E-state index contributed by atoms with van der Waals surface area (Å²) in [5, 5.41) is 3.03. The van der Waals surface area contributed by atoms with Crippen LogP contribution in [0.1, 0.15) is 50.2 Å². The number of amides is 4. The molecular formula is C24H34N4O3. The van der Waals surface area contributed by atoms with Gasteiger partial charge in [-0.25, -0.2) is 4.79 Å². The number of nitrogens with one attached hydrogen (secondary N) is 1. The molecule has 31 heavy (non-hydrogen) atoms. The van der Waals surface area contributed by atoms with Crippen molar-refractivity contribution in [3.05, 3.63) is 35.4 Å². The molecule has 7 nitrogen and oxygen atoms in total. The summed E-state index contributed by atoms with van der Waals surface area (Å²) in [6, 6.07) is 7.48. The fourth-order valence-corrected chi connectivity index (χ4v) is 5.17. The molecule has 4 rings (SSSR count). The van der Waals surface area contributed by atoms with Gasteiger partial charge in [0, 0.05) is 26.2 Å². The quantitative estimate of drug-likeness (QED) is 0.734. The van der Waals surface area contributed by atoms with Crippen LogP contribution in [0.5, 0.6) is 0 Å². The molecule has 7 heteroatoms. The van der Waals surface area contributed by atoms with Crippen molar-refractivity contribution >= 4 is 17.8 Å². The van der Waals surface area contributed by atoms with Gasteiger partial charge in [-0.15, -0.1) is 0 Å². The van der Waals surface area contributed by atoms with Crippen LogP contribution in [0.3, 0.4) is 0 Å². The zero-order chi connectivity index (χ0) is 22.0. The Kier molecular flexibility index (Phi) is 6.32. The minimum atomic E-state index is -0.754. The van der Waals surface area contributed by atoms with Gasteiger partial charge in [0.25, 0.3) is 5.91 Å². The molecule has 0 saturated carbocycles. The van der Waals surface area contributed by atoms with E-state index < -0.39 is 5.54 Å². The minimum absolute atomic E-state index is 0.0585. The Balaban J connectivity index is 1.40. The highest BCUT2D eigenvalue weighted by Gasteiger charge is 2.54. The number of benzene rings is 1. The topological polar surface area (TPSA) is 73.0 Å². The molecule has 3 aliphatic heterocycles. The molecule has 168 valence electrons. The number of likely N-dealkylation sites (tertiary alicyclic amines) is 2. The summed E-state index contributed by atoms with van der Waals surface area (Å²) in [5.41, 5.74) is 1.41. The fraction of sp³-hybridized carbons (Fsp3) is 0.625. The van der Waals surface area contributed by atoms with Crippen LogP contribution in [-0.4, -0.2) is 76.8 Å². The molecule has 1 aromatic rings. The standard InChI is InChI=1S/C24H34N4O3/c1-3-12-26-14-10-24(11-15-26)22(30)28(23(31)25-24)20-5-4-13-27(17-20)21(29)16-19-8-6-18(2)7-9-19/h6-9,20H,3-5,10-17H2,1-2H3,(H,25,31)/t20-/m1/s1. The smallest absolute Gasteiger partial charge is 0.325 e. The molecule has 0 unspecified atom stereocenters. The van der Waals surface area contributed by atoms with Gasteiger partial charge < -0.3 is 15.1 Å². The summed E-state index contributed by atoms with van der Waals surface area (Å²) in [5.74, 6) is -0.0327. The number of nitrogens with zero attached hydrogens (tertiary/aromatic N) is 3. The van der Waals surface area contributed by atoms with E-state index >= 15 is 0 Å². The number of hydrogen-bond acceptors (Lipinski definition) is 4. The first-order chi connectivity index (χ1) is 14.9. The molecular weight excluding hydrogens is 392 g/mol. The van der Waals surface area contributed by atoms with Gasteiger partial charge in [-0.2, -0.15) is 0 Å². The number of aryl methyl sites for hydroxylation is 1. The molecule has 3 fully saturated rings. The van der Waals surface area contributed by atoms with Crippen molar-refractivity contribution < 1.29 is 14.4 Å². The highest BCUT2D eigenvalue weighted by atomic mass is 16.2. The van der Waals surface area contributed by atoms with Crippen LogP contribution in [0.25, 0.3) is 0 Å². The lowest BCUT2D eigenvalue weighted by Crippen LogP contribution is -2.56. The highest BCUT2D eigenvalue weighted by Crippen LogP contribution is 2.32. The average molecular weight is 427 g/mol. The van der Waals surface area contributed by atoms with Gasteiger partial charge in [0.05, 0.1) is 12.5 Å². The summed E-state index contributed by atoms with van der Waals surface area (Å²) >= 11 is 0. The normalized spacial score (nSPS) is 24.0. The molecule has 1 spiro atoms. The molecule has 3 heterocycles. The van der Waals surface area contributed by atoms with Gasteiger partial charge in [0.1, 0.15) is 5.54 Å². The van der Waals surface area contributed by atoms with E-state index in [1.54, 1.807) is 0 Å². The van der Waals surface area contributed by atoms with Gasteiger partial charge in [-0.05, 0) is 51.1 Å². The predicted molar refractivity (Wildman–Crippen MR) is 119 cm³/mol. The Morgan fingerprint density at radius 2 is 1.84 bits per heavy atom. The zero-order valence-corrected chi connectivity index (χ0v) is 18.7. The molecule has 0 bridgehead atoms. The van der Waals surface area contributed by atoms with Crippen LogP contribution in [-0.2, 0) is 16.0 Å². The lowest BCUT2D eigenvalue weighted by Gasteiger charge is -2.39. The average Bonchev–Trinajstić information content (AvgIpc) is 3.01. The predicted octanol–water partition coefficient (Wildman–Crippen LogP) is 2.32. The molecule has 1 N–H and O–H groups in total. The van der Waals surface area contributed by atoms with E-state index in [0.717, 1.165) is 44.5 Å². The lowest BCUT2D eigenvalue weighted by molar-refractivity contribution is -0.138. The summed E-state index contributed by atoms with van der Waals surface area (Å²) < 4.78 is 0. The summed E-state index contributed by atoms with van der Waals surface area (Å²) in [7, 11) is 0. The Morgan fingerprint density at radius 1 is 1.13 bits per heavy atom. The van der Waals surface area contributed by atoms with Crippen molar-refractivity contribution in [2.45, 2.75) is 64.0 Å². The fourth-order valence-electron chi connectivity index (χ4n) is 5.17. The third kappa shape index (κ3) is 4.47. The first kappa shape index (κ1) is 21.8. The highest BCUT2D eigenvalue weighted by molar-refractivity contribution is 6.07. The summed E-state index contributed by atoms with van der Waals surface area (Å²) in [6.07, 6.45) is 4.33. The van der Waals surface area contributed by atoms with Crippen molar-refractivity contribution in [2.75, 3.05) is 32.7 Å². The van der Waals surface area contributed by atoms with E-state index in [0.29, 0.717) is 32.4 Å². The summed E-state index contributed by atoms with van der Waals surface area (Å²) in [6.45, 7) is 7.99. The van der Waals surface area contributed by atoms with Gasteiger partial charge in [0.2, 0.25) is 5.91 Å². The van der Waals surface area contributed by atoms with Gasteiger partial charge in [-0.1, -0.05) is 36.8 Å². The second kappa shape index (κ2) is 8.99. The van der Waals surface area contributed by atoms with Crippen LogP contribution in [0.4, 0.5) is 4.79 Å². The number of urea groups is 1. The maximum absolute atomic E-state index is 13.4. The Morgan fingerprint density at radius 3 is 2.52 bits per heavy atom. The van der Waals surface area contributed by atoms with Crippen molar-refractivity contribution in [1.29, 1.82) is 0 Å². The SMILES string of the molecule is CCCN1CCC2(CC1)NC(=O)N([C@@H]1CCCN(C(=O)Cc3ccc(C)cc3)C1)C2=O. The Bertz CT molecular complexity index is 830. The van der Waals surface area contributed by atoms with E-state index in [1.165, 1.54) is 10.5 Å². The van der Waals surface area contributed by atoms with Crippen LogP contribution in [0.15, 0.2) is 24.3 Å². The van der Waals surface area contributed by atoms with Crippen molar-refractivity contribution in [3.63, 3.8) is 0 Å². The molecule has 0 aromatic heterocycles. The number of imide groups is 1. The van der Waals surface area contributed by atoms with E-state index in [1.807, 2.05) is 36.1 Å². The van der Waals surface area contributed by atoms with E-state index in [-0.39, 0.29) is 23.9 Å². The van der Waals surface area contributed by atoms with E-state index in [2.05, 4.69) is 17.1 Å². The van der Waals surface area contributed by atoms with Crippen molar-refractivity contribution in [1.82, 2.24) is 20.0 Å². The maximum atomic E-state index is 13.4. The van der Waals surface area contributed by atoms with Gasteiger partial charge in [0.15, 0.2) is 0 Å². The van der Waals surface area contributed by atoms with E-state index in [9.17, 15) is 14.4 Å². The van der Waals surface area contributed by atoms with E-state index in [4.69, 9.17) is 0 Å². The van der Waals surface area contributed by atoms with Crippen molar-refractivity contribution in [3.8, 4) is 0 Å². The van der Waals surface area contributed by atoms with Crippen LogP contribution < -0.4 is 5.32 Å². The van der Waals surface area contributed by atoms with Crippen LogP contribution >= 0.6 is 0 Å². The Hall–Kier alpha value is -2.41. The summed E-state index contributed by atoms with van der Waals surface area (Å²) in [4.78, 5) is 44.7. The van der Waals surface area contributed by atoms with Crippen LogP contribution in [0, 0.1) is 6.92 Å². The van der Waals surface area contributed by atoms with Gasteiger partial charge >= 0.3 is 6.03 Å². The first-order valence-corrected chi connectivity index (χ1v) is 11.6. The molecule has 1 aromatic carbocycles. The van der Waals surface area contributed by atoms with Gasteiger partial charge in [-0.3, -0.25) is 14.5 Å². The second-order valence-electron chi connectivity index (χ2n) is 9.33. The van der Waals surface area contributed by atoms with Crippen LogP contribution in [0.2, 0.25) is 0 Å². The third-order valence-corrected chi connectivity index (χ3v) is 7.03. The molecule has 1 atom stereocenters. The maximum Gasteiger partial charge on any atom is 0.325 e. The van der Waals surface area contributed by atoms with Crippen molar-refractivity contribution in [2.24, 2.45) is 0 Å². The Labute approximate surface area is 184 Å². The number of piperidine rings is 2. The molecule has 3 aliphatic rings. The molecule has 0 aliphatic carbocycles. The number of rotatable bonds is 5. The third-order valence-electron chi connectivity index (χ3n) is 7.03. The second-order valence-corrected chi connectivity index (χ2v) is 9.33. The largest absolute Gasteiger partial charge is 0.340 e. The molecule has 0 radical (unpaired) electrons. The minimum Gasteiger partial charge on any atom is -0.340 e. The lowest BCUT2D eigenvalue weighted by atomic mass is 9.87. The number of carbonyl (C=O) groups is 3.